The van der Waals surface area contributed by atoms with Gasteiger partial charge in [0.25, 0.3) is 0 Å². The Hall–Kier alpha value is -1.67. The second kappa shape index (κ2) is 4.68. The molecular weight excluding hydrogens is 213 g/mol. The van der Waals surface area contributed by atoms with Gasteiger partial charge in [-0.3, -0.25) is 0 Å². The Labute approximate surface area is 101 Å². The quantitative estimate of drug-likeness (QED) is 0.837. The van der Waals surface area contributed by atoms with E-state index in [2.05, 4.69) is 19.9 Å². The highest BCUT2D eigenvalue weighted by molar-refractivity contribution is 5.71. The minimum atomic E-state index is -0.224. The average Bonchev–Trinajstić information content (AvgIpc) is 2.33. The van der Waals surface area contributed by atoms with Crippen LogP contribution in [0.2, 0.25) is 0 Å². The predicted molar refractivity (Wildman–Crippen MR) is 69.2 cm³/mol. The first kappa shape index (κ1) is 11.8. The van der Waals surface area contributed by atoms with Crippen molar-refractivity contribution in [3.8, 4) is 11.1 Å². The van der Waals surface area contributed by atoms with Crippen LogP contribution in [0.1, 0.15) is 16.7 Å². The molecule has 0 unspecified atom stereocenters. The maximum absolute atomic E-state index is 13.4. The molecular formula is C15H16FN. The monoisotopic (exact) mass is 229 g/mol. The van der Waals surface area contributed by atoms with E-state index in [-0.39, 0.29) is 5.82 Å². The number of nitrogens with two attached hydrogens (primary N) is 1. The number of halogens is 1. The van der Waals surface area contributed by atoms with Crippen LogP contribution in [0.5, 0.6) is 0 Å². The van der Waals surface area contributed by atoms with Gasteiger partial charge >= 0.3 is 0 Å². The van der Waals surface area contributed by atoms with Crippen LogP contribution in [0, 0.1) is 19.7 Å². The molecule has 1 nitrogen and oxygen atoms in total. The molecule has 0 atom stereocenters. The fourth-order valence-corrected chi connectivity index (χ4v) is 2.02. The number of hydrogen-bond donors (Lipinski definition) is 1. The number of rotatable bonds is 2. The van der Waals surface area contributed by atoms with Gasteiger partial charge in [0.15, 0.2) is 0 Å². The molecule has 0 heterocycles. The van der Waals surface area contributed by atoms with Gasteiger partial charge in [0, 0.05) is 6.54 Å². The van der Waals surface area contributed by atoms with E-state index in [1.54, 1.807) is 12.1 Å². The van der Waals surface area contributed by atoms with Gasteiger partial charge in [-0.25, -0.2) is 4.39 Å². The SMILES string of the molecule is Cc1cccc(-c2cc(F)ccc2CN)c1C. The summed E-state index contributed by atoms with van der Waals surface area (Å²) in [5.74, 6) is -0.224. The van der Waals surface area contributed by atoms with Crippen LogP contribution in [0.25, 0.3) is 11.1 Å². The maximum atomic E-state index is 13.4. The average molecular weight is 229 g/mol. The Bertz CT molecular complexity index is 547. The number of benzene rings is 2. The van der Waals surface area contributed by atoms with Crippen molar-refractivity contribution < 1.29 is 4.39 Å². The molecule has 2 rings (SSSR count). The van der Waals surface area contributed by atoms with Crippen LogP contribution in [-0.4, -0.2) is 0 Å². The zero-order chi connectivity index (χ0) is 12.4. The number of aryl methyl sites for hydroxylation is 1. The maximum Gasteiger partial charge on any atom is 0.123 e. The fourth-order valence-electron chi connectivity index (χ4n) is 2.02. The highest BCUT2D eigenvalue weighted by atomic mass is 19.1. The van der Waals surface area contributed by atoms with E-state index in [4.69, 9.17) is 5.73 Å². The Kier molecular flexibility index (Phi) is 3.25. The van der Waals surface area contributed by atoms with E-state index < -0.39 is 0 Å². The predicted octanol–water partition coefficient (Wildman–Crippen LogP) is 3.57. The Morgan fingerprint density at radius 1 is 1.06 bits per heavy atom. The van der Waals surface area contributed by atoms with E-state index in [9.17, 15) is 4.39 Å². The van der Waals surface area contributed by atoms with Gasteiger partial charge in [0.05, 0.1) is 0 Å². The summed E-state index contributed by atoms with van der Waals surface area (Å²) in [6, 6.07) is 10.8. The molecule has 0 saturated carbocycles. The Morgan fingerprint density at radius 2 is 1.82 bits per heavy atom. The molecule has 2 aromatic carbocycles. The molecule has 88 valence electrons. The van der Waals surface area contributed by atoms with Gasteiger partial charge in [-0.05, 0) is 53.8 Å². The van der Waals surface area contributed by atoms with Crippen molar-refractivity contribution in [3.63, 3.8) is 0 Å². The zero-order valence-electron chi connectivity index (χ0n) is 10.1. The summed E-state index contributed by atoms with van der Waals surface area (Å²) < 4.78 is 13.4. The first-order valence-corrected chi connectivity index (χ1v) is 5.68. The summed E-state index contributed by atoms with van der Waals surface area (Å²) in [7, 11) is 0. The van der Waals surface area contributed by atoms with E-state index in [1.807, 2.05) is 12.1 Å². The van der Waals surface area contributed by atoms with Crippen molar-refractivity contribution >= 4 is 0 Å². The van der Waals surface area contributed by atoms with E-state index in [0.29, 0.717) is 6.54 Å². The van der Waals surface area contributed by atoms with Crippen LogP contribution in [0.3, 0.4) is 0 Å². The van der Waals surface area contributed by atoms with Crippen LogP contribution < -0.4 is 5.73 Å². The fraction of sp³-hybridized carbons (Fsp3) is 0.200. The first-order chi connectivity index (χ1) is 8.13. The molecule has 0 radical (unpaired) electrons. The van der Waals surface area contributed by atoms with Crippen LogP contribution >= 0.6 is 0 Å². The van der Waals surface area contributed by atoms with Gasteiger partial charge in [-0.15, -0.1) is 0 Å². The smallest absolute Gasteiger partial charge is 0.123 e. The molecule has 0 saturated heterocycles. The summed E-state index contributed by atoms with van der Waals surface area (Å²) in [4.78, 5) is 0. The molecule has 0 fully saturated rings. The lowest BCUT2D eigenvalue weighted by molar-refractivity contribution is 0.627. The summed E-state index contributed by atoms with van der Waals surface area (Å²) in [5.41, 5.74) is 11.0. The molecule has 0 aromatic heterocycles. The second-order valence-corrected chi connectivity index (χ2v) is 4.25. The topological polar surface area (TPSA) is 26.0 Å². The molecule has 0 aliphatic rings. The van der Waals surface area contributed by atoms with Crippen LogP contribution in [0.4, 0.5) is 4.39 Å². The van der Waals surface area contributed by atoms with Gasteiger partial charge in [0.2, 0.25) is 0 Å². The first-order valence-electron chi connectivity index (χ1n) is 5.68. The highest BCUT2D eigenvalue weighted by Crippen LogP contribution is 2.29. The molecule has 0 bridgehead atoms. The van der Waals surface area contributed by atoms with Gasteiger partial charge in [0.1, 0.15) is 5.82 Å². The molecule has 2 heteroatoms. The molecule has 0 amide bonds. The lowest BCUT2D eigenvalue weighted by Crippen LogP contribution is -2.00. The van der Waals surface area contributed by atoms with Crippen LogP contribution in [0.15, 0.2) is 36.4 Å². The van der Waals surface area contributed by atoms with Crippen molar-refractivity contribution in [1.82, 2.24) is 0 Å². The minimum absolute atomic E-state index is 0.224. The third-order valence-corrected chi connectivity index (χ3v) is 3.19. The molecule has 17 heavy (non-hydrogen) atoms. The van der Waals surface area contributed by atoms with Crippen molar-refractivity contribution in [1.29, 1.82) is 0 Å². The molecule has 0 spiro atoms. The van der Waals surface area contributed by atoms with Crippen molar-refractivity contribution in [3.05, 3.63) is 58.9 Å². The largest absolute Gasteiger partial charge is 0.326 e. The van der Waals surface area contributed by atoms with Crippen molar-refractivity contribution in [2.24, 2.45) is 5.73 Å². The van der Waals surface area contributed by atoms with E-state index in [1.165, 1.54) is 17.2 Å². The van der Waals surface area contributed by atoms with Crippen molar-refractivity contribution in [2.45, 2.75) is 20.4 Å². The third kappa shape index (κ3) is 2.22. The van der Waals surface area contributed by atoms with E-state index >= 15 is 0 Å². The van der Waals surface area contributed by atoms with Crippen molar-refractivity contribution in [2.75, 3.05) is 0 Å². The lowest BCUT2D eigenvalue weighted by Gasteiger charge is -2.12. The van der Waals surface area contributed by atoms with E-state index in [0.717, 1.165) is 16.7 Å². The molecule has 2 aromatic rings. The van der Waals surface area contributed by atoms with Gasteiger partial charge in [-0.2, -0.15) is 0 Å². The molecule has 2 N–H and O–H groups in total. The molecule has 0 aliphatic heterocycles. The summed E-state index contributed by atoms with van der Waals surface area (Å²) in [6.07, 6.45) is 0. The summed E-state index contributed by atoms with van der Waals surface area (Å²) in [5, 5.41) is 0. The number of hydrogen-bond acceptors (Lipinski definition) is 1. The second-order valence-electron chi connectivity index (χ2n) is 4.25. The standard InChI is InChI=1S/C15H16FN/c1-10-4-3-5-14(11(10)2)15-8-13(16)7-6-12(15)9-17/h3-8H,9,17H2,1-2H3. The summed E-state index contributed by atoms with van der Waals surface area (Å²) >= 11 is 0. The Balaban J connectivity index is 2.67. The van der Waals surface area contributed by atoms with Crippen LogP contribution in [-0.2, 0) is 6.54 Å². The summed E-state index contributed by atoms with van der Waals surface area (Å²) in [6.45, 7) is 4.53. The Morgan fingerprint density at radius 3 is 2.53 bits per heavy atom. The van der Waals surface area contributed by atoms with Gasteiger partial charge < -0.3 is 5.73 Å². The lowest BCUT2D eigenvalue weighted by atomic mass is 9.93. The minimum Gasteiger partial charge on any atom is -0.326 e. The normalized spacial score (nSPS) is 10.6. The zero-order valence-corrected chi connectivity index (χ0v) is 10.1. The molecule has 0 aliphatic carbocycles. The van der Waals surface area contributed by atoms with Gasteiger partial charge in [-0.1, -0.05) is 24.3 Å². The third-order valence-electron chi connectivity index (χ3n) is 3.19. The highest BCUT2D eigenvalue weighted by Gasteiger charge is 2.09.